The minimum atomic E-state index is 0.596. The minimum Gasteiger partial charge on any atom is -0.493 e. The fraction of sp³-hybridized carbons (Fsp3) is 0.542. The van der Waals surface area contributed by atoms with Gasteiger partial charge < -0.3 is 19.5 Å². The Balaban J connectivity index is 1.49. The molecule has 0 atom stereocenters. The van der Waals surface area contributed by atoms with E-state index in [9.17, 15) is 0 Å². The lowest BCUT2D eigenvalue weighted by Gasteiger charge is -2.23. The second kappa shape index (κ2) is 9.59. The summed E-state index contributed by atoms with van der Waals surface area (Å²) >= 11 is 0. The molecular weight excluding hydrogens is 362 g/mol. The summed E-state index contributed by atoms with van der Waals surface area (Å²) in [4.78, 5) is 2.17. The molecular formula is C24H33N3O2. The summed E-state index contributed by atoms with van der Waals surface area (Å²) in [5.74, 6) is 2.82. The number of aromatic nitrogens is 1. The van der Waals surface area contributed by atoms with Crippen LogP contribution in [0.2, 0.25) is 0 Å². The van der Waals surface area contributed by atoms with Gasteiger partial charge in [-0.2, -0.15) is 0 Å². The van der Waals surface area contributed by atoms with Gasteiger partial charge in [0.1, 0.15) is 12.4 Å². The molecule has 0 spiro atoms. The Bertz CT molecular complexity index is 820. The van der Waals surface area contributed by atoms with Crippen molar-refractivity contribution in [3.05, 3.63) is 58.7 Å². The van der Waals surface area contributed by atoms with Crippen molar-refractivity contribution in [2.75, 3.05) is 33.7 Å². The predicted octanol–water partition coefficient (Wildman–Crippen LogP) is 4.04. The van der Waals surface area contributed by atoms with Gasteiger partial charge in [-0.1, -0.05) is 35.5 Å². The number of fused-ring (bicyclic) bond motifs is 1. The highest BCUT2D eigenvalue weighted by Crippen LogP contribution is 2.35. The monoisotopic (exact) mass is 395 g/mol. The van der Waals surface area contributed by atoms with Crippen LogP contribution >= 0.6 is 0 Å². The van der Waals surface area contributed by atoms with Crippen molar-refractivity contribution in [1.82, 2.24) is 15.4 Å². The first-order valence-electron chi connectivity index (χ1n) is 10.9. The molecule has 1 N–H and O–H groups in total. The summed E-state index contributed by atoms with van der Waals surface area (Å²) < 4.78 is 12.2. The first-order chi connectivity index (χ1) is 14.2. The van der Waals surface area contributed by atoms with Crippen LogP contribution in [-0.4, -0.2) is 43.8 Å². The summed E-state index contributed by atoms with van der Waals surface area (Å²) in [6.45, 7) is 3.71. The molecule has 4 rings (SSSR count). The van der Waals surface area contributed by atoms with E-state index in [0.717, 1.165) is 67.6 Å². The fourth-order valence-corrected chi connectivity index (χ4v) is 4.44. The summed E-state index contributed by atoms with van der Waals surface area (Å²) in [6.07, 6.45) is 6.68. The van der Waals surface area contributed by atoms with E-state index in [-0.39, 0.29) is 0 Å². The zero-order chi connectivity index (χ0) is 20.1. The Morgan fingerprint density at radius 2 is 1.93 bits per heavy atom. The molecule has 1 aliphatic carbocycles. The second-order valence-electron chi connectivity index (χ2n) is 8.58. The summed E-state index contributed by atoms with van der Waals surface area (Å²) in [5.41, 5.74) is 4.82. The third kappa shape index (κ3) is 5.09. The van der Waals surface area contributed by atoms with E-state index >= 15 is 0 Å². The summed E-state index contributed by atoms with van der Waals surface area (Å²) in [7, 11) is 4.18. The molecule has 5 heteroatoms. The molecule has 0 unspecified atom stereocenters. The molecule has 2 aromatic rings. The molecule has 1 aliphatic heterocycles. The maximum atomic E-state index is 6.26. The molecule has 1 saturated heterocycles. The number of hydrogen-bond donors (Lipinski definition) is 1. The number of hydrogen-bond acceptors (Lipinski definition) is 5. The van der Waals surface area contributed by atoms with E-state index < -0.39 is 0 Å². The minimum absolute atomic E-state index is 0.596. The zero-order valence-electron chi connectivity index (χ0n) is 17.7. The Morgan fingerprint density at radius 1 is 1.14 bits per heavy atom. The molecule has 2 heterocycles. The number of ether oxygens (including phenoxy) is 1. The molecule has 0 saturated carbocycles. The average Bonchev–Trinajstić information content (AvgIpc) is 3.16. The van der Waals surface area contributed by atoms with Crippen molar-refractivity contribution >= 4 is 5.57 Å². The number of aryl methyl sites for hydroxylation is 1. The quantitative estimate of drug-likeness (QED) is 0.731. The number of rotatable bonds is 8. The van der Waals surface area contributed by atoms with Crippen LogP contribution < -0.4 is 5.32 Å². The van der Waals surface area contributed by atoms with Gasteiger partial charge in [-0.25, -0.2) is 0 Å². The van der Waals surface area contributed by atoms with E-state index in [4.69, 9.17) is 9.26 Å². The molecule has 1 aromatic heterocycles. The first-order valence-corrected chi connectivity index (χ1v) is 10.9. The SMILES string of the molecule is CN(C)CC1=C(OCc2ccccc2)CCc2c(CCC3CCNCC3)noc21. The lowest BCUT2D eigenvalue weighted by molar-refractivity contribution is 0.187. The molecule has 2 aliphatic rings. The van der Waals surface area contributed by atoms with E-state index in [1.165, 1.54) is 30.4 Å². The number of nitrogens with one attached hydrogen (secondary N) is 1. The maximum Gasteiger partial charge on any atom is 0.170 e. The van der Waals surface area contributed by atoms with Gasteiger partial charge in [0.15, 0.2) is 5.76 Å². The van der Waals surface area contributed by atoms with Crippen LogP contribution in [0.1, 0.15) is 48.3 Å². The van der Waals surface area contributed by atoms with Crippen molar-refractivity contribution in [2.45, 2.75) is 45.1 Å². The first kappa shape index (κ1) is 20.2. The van der Waals surface area contributed by atoms with Crippen LogP contribution in [0.15, 0.2) is 40.6 Å². The molecule has 156 valence electrons. The molecule has 0 bridgehead atoms. The van der Waals surface area contributed by atoms with Crippen molar-refractivity contribution in [1.29, 1.82) is 0 Å². The van der Waals surface area contributed by atoms with E-state index in [1.807, 2.05) is 6.07 Å². The van der Waals surface area contributed by atoms with Crippen molar-refractivity contribution in [2.24, 2.45) is 5.92 Å². The summed E-state index contributed by atoms with van der Waals surface area (Å²) in [5, 5.41) is 7.95. The van der Waals surface area contributed by atoms with Crippen LogP contribution in [0.3, 0.4) is 0 Å². The lowest BCUT2D eigenvalue weighted by Crippen LogP contribution is -2.28. The normalized spacial score (nSPS) is 17.6. The smallest absolute Gasteiger partial charge is 0.170 e. The summed E-state index contributed by atoms with van der Waals surface area (Å²) in [6, 6.07) is 10.4. The van der Waals surface area contributed by atoms with Crippen LogP contribution in [0.4, 0.5) is 0 Å². The number of nitrogens with zero attached hydrogens (tertiary/aromatic N) is 2. The standard InChI is InChI=1S/C24H33N3O2/c1-27(2)16-21-23(28-17-19-6-4-3-5-7-19)11-9-20-22(26-29-24(20)21)10-8-18-12-14-25-15-13-18/h3-7,18,25H,8-17H2,1-2H3. The maximum absolute atomic E-state index is 6.26. The van der Waals surface area contributed by atoms with Gasteiger partial charge in [-0.3, -0.25) is 0 Å². The van der Waals surface area contributed by atoms with Gasteiger partial charge in [0.05, 0.1) is 5.69 Å². The van der Waals surface area contributed by atoms with E-state index in [1.54, 1.807) is 0 Å². The molecule has 29 heavy (non-hydrogen) atoms. The Hall–Kier alpha value is -2.11. The highest BCUT2D eigenvalue weighted by Gasteiger charge is 2.28. The van der Waals surface area contributed by atoms with Gasteiger partial charge in [-0.05, 0) is 70.8 Å². The van der Waals surface area contributed by atoms with Gasteiger partial charge in [0, 0.05) is 24.1 Å². The van der Waals surface area contributed by atoms with Crippen LogP contribution in [0.5, 0.6) is 0 Å². The zero-order valence-corrected chi connectivity index (χ0v) is 17.7. The average molecular weight is 396 g/mol. The highest BCUT2D eigenvalue weighted by molar-refractivity contribution is 5.70. The van der Waals surface area contributed by atoms with E-state index in [0.29, 0.717) is 6.61 Å². The van der Waals surface area contributed by atoms with Crippen molar-refractivity contribution in [3.8, 4) is 0 Å². The van der Waals surface area contributed by atoms with Crippen LogP contribution in [0, 0.1) is 5.92 Å². The van der Waals surface area contributed by atoms with Gasteiger partial charge in [0.25, 0.3) is 0 Å². The van der Waals surface area contributed by atoms with Crippen LogP contribution in [-0.2, 0) is 24.2 Å². The third-order valence-corrected chi connectivity index (χ3v) is 6.06. The molecule has 0 radical (unpaired) electrons. The third-order valence-electron chi connectivity index (χ3n) is 6.06. The van der Waals surface area contributed by atoms with E-state index in [2.05, 4.69) is 53.7 Å². The van der Waals surface area contributed by atoms with Gasteiger partial charge in [0.2, 0.25) is 0 Å². The molecule has 1 aromatic carbocycles. The molecule has 1 fully saturated rings. The second-order valence-corrected chi connectivity index (χ2v) is 8.58. The molecule has 0 amide bonds. The fourth-order valence-electron chi connectivity index (χ4n) is 4.44. The number of likely N-dealkylation sites (N-methyl/N-ethyl adjacent to an activating group) is 1. The van der Waals surface area contributed by atoms with Crippen LogP contribution in [0.25, 0.3) is 5.57 Å². The Kier molecular flexibility index (Phi) is 6.67. The lowest BCUT2D eigenvalue weighted by atomic mass is 9.89. The van der Waals surface area contributed by atoms with Crippen molar-refractivity contribution < 1.29 is 9.26 Å². The Labute approximate surface area is 174 Å². The van der Waals surface area contributed by atoms with Crippen molar-refractivity contribution in [3.63, 3.8) is 0 Å². The largest absolute Gasteiger partial charge is 0.493 e. The molecule has 5 nitrogen and oxygen atoms in total. The van der Waals surface area contributed by atoms with Gasteiger partial charge in [-0.15, -0.1) is 0 Å². The number of benzene rings is 1. The number of piperidine rings is 1. The van der Waals surface area contributed by atoms with Gasteiger partial charge >= 0.3 is 0 Å². The Morgan fingerprint density at radius 3 is 2.69 bits per heavy atom. The predicted molar refractivity (Wildman–Crippen MR) is 115 cm³/mol. The topological polar surface area (TPSA) is 50.5 Å². The highest BCUT2D eigenvalue weighted by atomic mass is 16.5. The number of allylic oxidation sites excluding steroid dienone is 1.